The van der Waals surface area contributed by atoms with E-state index in [9.17, 15) is 13.2 Å². The molecule has 1 heterocycles. The second-order valence-electron chi connectivity index (χ2n) is 6.02. The molecule has 1 aromatic heterocycles. The third-order valence-corrected chi connectivity index (χ3v) is 6.00. The number of aromatic nitrogens is 1. The van der Waals surface area contributed by atoms with Gasteiger partial charge in [-0.05, 0) is 49.8 Å². The van der Waals surface area contributed by atoms with Gasteiger partial charge < -0.3 is 9.15 Å². The summed E-state index contributed by atoms with van der Waals surface area (Å²) in [6.07, 6.45) is 1.43. The van der Waals surface area contributed by atoms with Gasteiger partial charge in [-0.3, -0.25) is 0 Å². The Morgan fingerprint density at radius 1 is 1.14 bits per heavy atom. The lowest BCUT2D eigenvalue weighted by atomic mass is 10.2. The van der Waals surface area contributed by atoms with Crippen molar-refractivity contribution in [3.8, 4) is 0 Å². The van der Waals surface area contributed by atoms with Gasteiger partial charge in [-0.25, -0.2) is 18.2 Å². The zero-order valence-electron chi connectivity index (χ0n) is 15.8. The fraction of sp³-hybridized carbons (Fsp3) is 0.143. The summed E-state index contributed by atoms with van der Waals surface area (Å²) >= 11 is 5.92. The number of carbonyl (C=O) groups is 1. The first-order valence-corrected chi connectivity index (χ1v) is 10.6. The Kier molecular flexibility index (Phi) is 6.20. The van der Waals surface area contributed by atoms with Gasteiger partial charge in [-0.2, -0.15) is 0 Å². The molecule has 2 aromatic carbocycles. The van der Waals surface area contributed by atoms with E-state index in [2.05, 4.69) is 4.98 Å². The van der Waals surface area contributed by atoms with Gasteiger partial charge in [-0.15, -0.1) is 0 Å². The minimum Gasteiger partial charge on any atom is -0.461 e. The molecule has 0 N–H and O–H groups in total. The SMILES string of the molecule is CCOC(=O)c1nc(/C(=C\c2ccc(Cl)cc2)S(=O)(=O)c2ccccc2)oc1C. The summed E-state index contributed by atoms with van der Waals surface area (Å²) < 4.78 is 37.1. The first-order chi connectivity index (χ1) is 13.8. The molecule has 3 aromatic rings. The molecule has 0 fully saturated rings. The van der Waals surface area contributed by atoms with Gasteiger partial charge in [0.15, 0.2) is 5.69 Å². The Labute approximate surface area is 173 Å². The number of hydrogen-bond acceptors (Lipinski definition) is 6. The molecule has 0 spiro atoms. The quantitative estimate of drug-likeness (QED) is 0.522. The van der Waals surface area contributed by atoms with Crippen LogP contribution in [0.25, 0.3) is 11.0 Å². The molecule has 0 aliphatic carbocycles. The Hall–Kier alpha value is -2.90. The summed E-state index contributed by atoms with van der Waals surface area (Å²) in [6.45, 7) is 3.36. The fourth-order valence-corrected chi connectivity index (χ4v) is 4.09. The number of oxazole rings is 1. The average Bonchev–Trinajstić information content (AvgIpc) is 3.09. The van der Waals surface area contributed by atoms with Gasteiger partial charge in [0.25, 0.3) is 0 Å². The molecule has 0 bridgehead atoms. The highest BCUT2D eigenvalue weighted by Crippen LogP contribution is 2.31. The van der Waals surface area contributed by atoms with Gasteiger partial charge in [0.1, 0.15) is 10.7 Å². The summed E-state index contributed by atoms with van der Waals surface area (Å²) in [4.78, 5) is 16.1. The molecule has 0 saturated carbocycles. The van der Waals surface area contributed by atoms with Crippen LogP contribution in [-0.2, 0) is 14.6 Å². The largest absolute Gasteiger partial charge is 0.461 e. The molecule has 29 heavy (non-hydrogen) atoms. The monoisotopic (exact) mass is 431 g/mol. The van der Waals surface area contributed by atoms with E-state index in [4.69, 9.17) is 20.8 Å². The molecular formula is C21H18ClNO5S. The maximum atomic E-state index is 13.3. The highest BCUT2D eigenvalue weighted by atomic mass is 35.5. The Bertz CT molecular complexity index is 1150. The first kappa shape index (κ1) is 20.8. The smallest absolute Gasteiger partial charge is 0.360 e. The lowest BCUT2D eigenvalue weighted by molar-refractivity contribution is 0.0518. The van der Waals surface area contributed by atoms with Crippen molar-refractivity contribution in [1.29, 1.82) is 0 Å². The molecule has 6 nitrogen and oxygen atoms in total. The number of nitrogens with zero attached hydrogens (tertiary/aromatic N) is 1. The van der Waals surface area contributed by atoms with E-state index in [1.54, 1.807) is 49.4 Å². The second-order valence-corrected chi connectivity index (χ2v) is 8.38. The molecule has 0 saturated heterocycles. The predicted octanol–water partition coefficient (Wildman–Crippen LogP) is 4.79. The Morgan fingerprint density at radius 3 is 2.41 bits per heavy atom. The number of halogens is 1. The molecule has 0 amide bonds. The van der Waals surface area contributed by atoms with E-state index in [1.807, 2.05) is 0 Å². The molecule has 0 radical (unpaired) electrons. The number of rotatable bonds is 6. The number of carbonyl (C=O) groups excluding carboxylic acids is 1. The summed E-state index contributed by atoms with van der Waals surface area (Å²) in [5.74, 6) is -0.698. The van der Waals surface area contributed by atoms with Crippen molar-refractivity contribution >= 4 is 38.4 Å². The molecule has 0 unspecified atom stereocenters. The summed E-state index contributed by atoms with van der Waals surface area (Å²) in [5, 5.41) is 0.520. The standard InChI is InChI=1S/C21H18ClNO5S/c1-3-27-21(24)19-14(2)28-20(23-19)18(13-15-9-11-16(22)12-10-15)29(25,26)17-7-5-4-6-8-17/h4-13H,3H2,1-2H3/b18-13+. The first-order valence-electron chi connectivity index (χ1n) is 8.75. The molecule has 0 aliphatic rings. The highest BCUT2D eigenvalue weighted by molar-refractivity contribution is 8.00. The van der Waals surface area contributed by atoms with Crippen LogP contribution < -0.4 is 0 Å². The zero-order chi connectivity index (χ0) is 21.0. The van der Waals surface area contributed by atoms with Crippen molar-refractivity contribution in [2.24, 2.45) is 0 Å². The van der Waals surface area contributed by atoms with Crippen LogP contribution in [0.1, 0.15) is 34.6 Å². The molecular weight excluding hydrogens is 414 g/mol. The average molecular weight is 432 g/mol. The van der Waals surface area contributed by atoms with E-state index in [0.717, 1.165) is 0 Å². The lowest BCUT2D eigenvalue weighted by Gasteiger charge is -2.07. The number of ether oxygens (including phenoxy) is 1. The van der Waals surface area contributed by atoms with Gasteiger partial charge in [-0.1, -0.05) is 41.9 Å². The van der Waals surface area contributed by atoms with Gasteiger partial charge in [0, 0.05) is 5.02 Å². The Morgan fingerprint density at radius 2 is 1.79 bits per heavy atom. The van der Waals surface area contributed by atoms with Crippen LogP contribution in [0.4, 0.5) is 0 Å². The van der Waals surface area contributed by atoms with E-state index < -0.39 is 15.8 Å². The van der Waals surface area contributed by atoms with Gasteiger partial charge in [0.05, 0.1) is 11.5 Å². The van der Waals surface area contributed by atoms with Crippen LogP contribution in [-0.4, -0.2) is 26.0 Å². The third kappa shape index (κ3) is 4.58. The number of hydrogen-bond donors (Lipinski definition) is 0. The lowest BCUT2D eigenvalue weighted by Crippen LogP contribution is -2.08. The minimum absolute atomic E-state index is 0.0629. The Balaban J connectivity index is 2.18. The van der Waals surface area contributed by atoms with E-state index in [0.29, 0.717) is 10.6 Å². The van der Waals surface area contributed by atoms with Crippen LogP contribution in [0.15, 0.2) is 63.9 Å². The molecule has 150 valence electrons. The number of sulfone groups is 1. The fourth-order valence-electron chi connectivity index (χ4n) is 2.58. The third-order valence-electron chi connectivity index (χ3n) is 3.99. The van der Waals surface area contributed by atoms with Crippen molar-refractivity contribution < 1.29 is 22.4 Å². The van der Waals surface area contributed by atoms with Crippen LogP contribution in [0.2, 0.25) is 5.02 Å². The van der Waals surface area contributed by atoms with Crippen LogP contribution in [0.3, 0.4) is 0 Å². The van der Waals surface area contributed by atoms with Crippen LogP contribution >= 0.6 is 11.6 Å². The number of benzene rings is 2. The summed E-state index contributed by atoms with van der Waals surface area (Å²) in [7, 11) is -3.98. The van der Waals surface area contributed by atoms with Gasteiger partial charge >= 0.3 is 5.97 Å². The number of esters is 1. The summed E-state index contributed by atoms with van der Waals surface area (Å²) in [6, 6.07) is 14.6. The zero-order valence-corrected chi connectivity index (χ0v) is 17.3. The van der Waals surface area contributed by atoms with Gasteiger partial charge in [0.2, 0.25) is 15.7 Å². The normalized spacial score (nSPS) is 12.0. The number of aryl methyl sites for hydroxylation is 1. The molecule has 0 aliphatic heterocycles. The molecule has 0 atom stereocenters. The van der Waals surface area contributed by atoms with Crippen molar-refractivity contribution in [2.75, 3.05) is 6.61 Å². The summed E-state index contributed by atoms with van der Waals surface area (Å²) in [5.41, 5.74) is 0.518. The van der Waals surface area contributed by atoms with Crippen LogP contribution in [0.5, 0.6) is 0 Å². The predicted molar refractivity (Wildman–Crippen MR) is 110 cm³/mol. The molecule has 8 heteroatoms. The molecule has 3 rings (SSSR count). The maximum absolute atomic E-state index is 13.3. The second kappa shape index (κ2) is 8.63. The van der Waals surface area contributed by atoms with E-state index >= 15 is 0 Å². The van der Waals surface area contributed by atoms with E-state index in [-0.39, 0.29) is 33.8 Å². The maximum Gasteiger partial charge on any atom is 0.360 e. The van der Waals surface area contributed by atoms with E-state index in [1.165, 1.54) is 25.1 Å². The van der Waals surface area contributed by atoms with Crippen molar-refractivity contribution in [3.05, 3.63) is 82.5 Å². The van der Waals surface area contributed by atoms with Crippen molar-refractivity contribution in [2.45, 2.75) is 18.7 Å². The minimum atomic E-state index is -3.98. The van der Waals surface area contributed by atoms with Crippen molar-refractivity contribution in [1.82, 2.24) is 4.98 Å². The topological polar surface area (TPSA) is 86.5 Å². The van der Waals surface area contributed by atoms with Crippen LogP contribution in [0, 0.1) is 6.92 Å². The highest BCUT2D eigenvalue weighted by Gasteiger charge is 2.29. The van der Waals surface area contributed by atoms with Crippen molar-refractivity contribution in [3.63, 3.8) is 0 Å².